The summed E-state index contributed by atoms with van der Waals surface area (Å²) in [6, 6.07) is 0. The van der Waals surface area contributed by atoms with Gasteiger partial charge in [0.05, 0.1) is 12.2 Å². The Morgan fingerprint density at radius 1 is 0.900 bits per heavy atom. The molecule has 0 aliphatic heterocycles. The van der Waals surface area contributed by atoms with Crippen LogP contribution in [0.1, 0.15) is 32.6 Å². The summed E-state index contributed by atoms with van der Waals surface area (Å²) in [5.41, 5.74) is 0. The van der Waals surface area contributed by atoms with Crippen molar-refractivity contribution in [2.75, 3.05) is 0 Å². The van der Waals surface area contributed by atoms with Crippen molar-refractivity contribution in [1.29, 1.82) is 0 Å². The van der Waals surface area contributed by atoms with E-state index in [1.807, 2.05) is 0 Å². The maximum atomic E-state index is 9.23. The molecule has 0 aromatic rings. The molecule has 0 bridgehead atoms. The fourth-order valence-corrected chi connectivity index (χ4v) is 1.44. The number of aliphatic hydroxyl groups is 2. The van der Waals surface area contributed by atoms with Gasteiger partial charge in [-0.15, -0.1) is 0 Å². The molecule has 0 aromatic carbocycles. The first-order chi connectivity index (χ1) is 4.70. The smallest absolute Gasteiger partial charge is 0.0799 e. The standard InChI is InChI=1S/C8H16O2/c1-6-2-4-7(9)8(10)5-3-6/h6-10H,2-5H2,1H3/t6-,7+,8?/m0/s1. The molecule has 0 spiro atoms. The minimum atomic E-state index is -0.468. The predicted molar refractivity (Wildman–Crippen MR) is 39.6 cm³/mol. The predicted octanol–water partition coefficient (Wildman–Crippen LogP) is 0.918. The lowest BCUT2D eigenvalue weighted by atomic mass is 10.0. The summed E-state index contributed by atoms with van der Waals surface area (Å²) in [5, 5.41) is 18.5. The molecule has 10 heavy (non-hydrogen) atoms. The second-order valence-electron chi connectivity index (χ2n) is 3.39. The highest BCUT2D eigenvalue weighted by molar-refractivity contribution is 4.73. The molecule has 1 rings (SSSR count). The average molecular weight is 144 g/mol. The topological polar surface area (TPSA) is 40.5 Å². The molecule has 3 atom stereocenters. The van der Waals surface area contributed by atoms with E-state index in [1.54, 1.807) is 0 Å². The summed E-state index contributed by atoms with van der Waals surface area (Å²) < 4.78 is 0. The minimum absolute atomic E-state index is 0.468. The van der Waals surface area contributed by atoms with Gasteiger partial charge in [0.15, 0.2) is 0 Å². The van der Waals surface area contributed by atoms with Gasteiger partial charge in [0.2, 0.25) is 0 Å². The normalized spacial score (nSPS) is 42.9. The van der Waals surface area contributed by atoms with Crippen molar-refractivity contribution in [2.24, 2.45) is 5.92 Å². The van der Waals surface area contributed by atoms with Crippen molar-refractivity contribution in [3.8, 4) is 0 Å². The Kier molecular flexibility index (Phi) is 2.69. The third-order valence-corrected chi connectivity index (χ3v) is 2.35. The average Bonchev–Trinajstić information content (AvgIpc) is 2.04. The van der Waals surface area contributed by atoms with Crippen LogP contribution in [0.4, 0.5) is 0 Å². The summed E-state index contributed by atoms with van der Waals surface area (Å²) in [7, 11) is 0. The van der Waals surface area contributed by atoms with E-state index in [2.05, 4.69) is 6.92 Å². The molecule has 60 valence electrons. The zero-order chi connectivity index (χ0) is 7.56. The Hall–Kier alpha value is -0.0800. The van der Waals surface area contributed by atoms with Gasteiger partial charge in [0, 0.05) is 0 Å². The fourth-order valence-electron chi connectivity index (χ4n) is 1.44. The van der Waals surface area contributed by atoms with Crippen molar-refractivity contribution in [3.05, 3.63) is 0 Å². The van der Waals surface area contributed by atoms with Crippen LogP contribution in [0.3, 0.4) is 0 Å². The Morgan fingerprint density at radius 3 is 1.70 bits per heavy atom. The Labute approximate surface area is 61.9 Å². The van der Waals surface area contributed by atoms with Crippen LogP contribution in [-0.2, 0) is 0 Å². The summed E-state index contributed by atoms with van der Waals surface area (Å²) in [6.07, 6.45) is 2.70. The van der Waals surface area contributed by atoms with Crippen molar-refractivity contribution < 1.29 is 10.2 Å². The molecule has 2 nitrogen and oxygen atoms in total. The van der Waals surface area contributed by atoms with E-state index in [1.165, 1.54) is 0 Å². The number of hydrogen-bond acceptors (Lipinski definition) is 2. The van der Waals surface area contributed by atoms with Gasteiger partial charge in [-0.25, -0.2) is 0 Å². The highest BCUT2D eigenvalue weighted by atomic mass is 16.3. The van der Waals surface area contributed by atoms with E-state index in [-0.39, 0.29) is 0 Å². The molecule has 0 radical (unpaired) electrons. The number of rotatable bonds is 0. The van der Waals surface area contributed by atoms with E-state index in [0.29, 0.717) is 5.92 Å². The molecule has 1 unspecified atom stereocenters. The summed E-state index contributed by atoms with van der Waals surface area (Å²) in [4.78, 5) is 0. The SMILES string of the molecule is C[C@@H]1CCC(O)[C@H](O)CC1. The van der Waals surface area contributed by atoms with Gasteiger partial charge in [-0.05, 0) is 31.6 Å². The summed E-state index contributed by atoms with van der Waals surface area (Å²) >= 11 is 0. The fraction of sp³-hybridized carbons (Fsp3) is 1.00. The van der Waals surface area contributed by atoms with Gasteiger partial charge in [-0.3, -0.25) is 0 Å². The third kappa shape index (κ3) is 1.96. The largest absolute Gasteiger partial charge is 0.390 e. The maximum absolute atomic E-state index is 9.23. The molecule has 2 heteroatoms. The highest BCUT2D eigenvalue weighted by Gasteiger charge is 2.21. The minimum Gasteiger partial charge on any atom is -0.390 e. The quantitative estimate of drug-likeness (QED) is 0.496. The van der Waals surface area contributed by atoms with Crippen LogP contribution in [-0.4, -0.2) is 22.4 Å². The van der Waals surface area contributed by atoms with Crippen LogP contribution in [0, 0.1) is 5.92 Å². The molecule has 0 heterocycles. The zero-order valence-electron chi connectivity index (χ0n) is 6.45. The van der Waals surface area contributed by atoms with E-state index in [0.717, 1.165) is 25.7 Å². The van der Waals surface area contributed by atoms with Crippen molar-refractivity contribution in [3.63, 3.8) is 0 Å². The molecule has 0 aromatic heterocycles. The second kappa shape index (κ2) is 3.35. The van der Waals surface area contributed by atoms with Gasteiger partial charge in [0.1, 0.15) is 0 Å². The van der Waals surface area contributed by atoms with Crippen LogP contribution in [0.2, 0.25) is 0 Å². The van der Waals surface area contributed by atoms with Crippen molar-refractivity contribution in [1.82, 2.24) is 0 Å². The van der Waals surface area contributed by atoms with Crippen molar-refractivity contribution in [2.45, 2.75) is 44.8 Å². The van der Waals surface area contributed by atoms with Crippen LogP contribution >= 0.6 is 0 Å². The molecule has 1 aliphatic rings. The second-order valence-corrected chi connectivity index (χ2v) is 3.39. The number of hydrogen-bond donors (Lipinski definition) is 2. The number of aliphatic hydroxyl groups excluding tert-OH is 2. The maximum Gasteiger partial charge on any atom is 0.0799 e. The van der Waals surface area contributed by atoms with Crippen LogP contribution in [0.15, 0.2) is 0 Å². The first-order valence-electron chi connectivity index (χ1n) is 4.06. The van der Waals surface area contributed by atoms with Crippen LogP contribution in [0.25, 0.3) is 0 Å². The molecule has 1 fully saturated rings. The molecular formula is C8H16O2. The van der Waals surface area contributed by atoms with Gasteiger partial charge < -0.3 is 10.2 Å². The first-order valence-corrected chi connectivity index (χ1v) is 4.06. The summed E-state index contributed by atoms with van der Waals surface area (Å²) in [6.45, 7) is 2.17. The lowest BCUT2D eigenvalue weighted by Crippen LogP contribution is -2.23. The Balaban J connectivity index is 2.38. The third-order valence-electron chi connectivity index (χ3n) is 2.35. The lowest BCUT2D eigenvalue weighted by molar-refractivity contribution is 0.0157. The van der Waals surface area contributed by atoms with Gasteiger partial charge in [-0.1, -0.05) is 6.92 Å². The van der Waals surface area contributed by atoms with E-state index in [4.69, 9.17) is 0 Å². The van der Waals surface area contributed by atoms with Crippen LogP contribution < -0.4 is 0 Å². The zero-order valence-corrected chi connectivity index (χ0v) is 6.45. The molecule has 1 saturated carbocycles. The summed E-state index contributed by atoms with van der Waals surface area (Å²) in [5.74, 6) is 0.673. The van der Waals surface area contributed by atoms with Gasteiger partial charge >= 0.3 is 0 Å². The van der Waals surface area contributed by atoms with Crippen LogP contribution in [0.5, 0.6) is 0 Å². The molecule has 0 saturated heterocycles. The first kappa shape index (κ1) is 8.02. The molecule has 1 aliphatic carbocycles. The monoisotopic (exact) mass is 144 g/mol. The molecular weight excluding hydrogens is 128 g/mol. The van der Waals surface area contributed by atoms with E-state index >= 15 is 0 Å². The molecule has 2 N–H and O–H groups in total. The molecule has 0 amide bonds. The lowest BCUT2D eigenvalue weighted by Gasteiger charge is -2.12. The Bertz CT molecular complexity index is 91.4. The van der Waals surface area contributed by atoms with Gasteiger partial charge in [-0.2, -0.15) is 0 Å². The highest BCUT2D eigenvalue weighted by Crippen LogP contribution is 2.22. The Morgan fingerprint density at radius 2 is 1.30 bits per heavy atom. The van der Waals surface area contributed by atoms with Crippen molar-refractivity contribution >= 4 is 0 Å². The van der Waals surface area contributed by atoms with E-state index < -0.39 is 12.2 Å². The van der Waals surface area contributed by atoms with Gasteiger partial charge in [0.25, 0.3) is 0 Å². The van der Waals surface area contributed by atoms with E-state index in [9.17, 15) is 10.2 Å².